The highest BCUT2D eigenvalue weighted by molar-refractivity contribution is 7.92. The van der Waals surface area contributed by atoms with Crippen molar-refractivity contribution in [2.45, 2.75) is 5.75 Å². The molecular formula is C7H6N2O4S. The van der Waals surface area contributed by atoms with Crippen LogP contribution in [-0.4, -0.2) is 13.3 Å². The Hall–Kier alpha value is -1.63. The fourth-order valence-electron chi connectivity index (χ4n) is 1.37. The molecule has 0 bridgehead atoms. The van der Waals surface area contributed by atoms with Crippen LogP contribution in [0.2, 0.25) is 0 Å². The Balaban J connectivity index is 2.63. The fourth-order valence-corrected chi connectivity index (χ4v) is 2.64. The predicted molar refractivity (Wildman–Crippen MR) is 49.3 cm³/mol. The molecule has 0 aromatic heterocycles. The van der Waals surface area contributed by atoms with Crippen LogP contribution in [0.5, 0.6) is 0 Å². The number of benzene rings is 1. The van der Waals surface area contributed by atoms with E-state index in [1.165, 1.54) is 12.1 Å². The third-order valence-corrected chi connectivity index (χ3v) is 3.13. The summed E-state index contributed by atoms with van der Waals surface area (Å²) in [5.41, 5.74) is 0.334. The van der Waals surface area contributed by atoms with Crippen molar-refractivity contribution in [1.29, 1.82) is 0 Å². The highest BCUT2D eigenvalue weighted by Crippen LogP contribution is 2.34. The zero-order valence-electron chi connectivity index (χ0n) is 6.93. The van der Waals surface area contributed by atoms with E-state index in [0.717, 1.165) is 0 Å². The van der Waals surface area contributed by atoms with Crippen molar-refractivity contribution in [2.75, 3.05) is 4.72 Å². The third-order valence-electron chi connectivity index (χ3n) is 1.93. The summed E-state index contributed by atoms with van der Waals surface area (Å²) in [5, 5.41) is 10.5. The van der Waals surface area contributed by atoms with E-state index in [1.807, 2.05) is 0 Å². The average Bonchev–Trinajstić information content (AvgIpc) is 2.36. The summed E-state index contributed by atoms with van der Waals surface area (Å²) in [7, 11) is -3.42. The van der Waals surface area contributed by atoms with Gasteiger partial charge in [0, 0.05) is 11.6 Å². The van der Waals surface area contributed by atoms with E-state index < -0.39 is 14.9 Å². The van der Waals surface area contributed by atoms with Crippen LogP contribution in [-0.2, 0) is 15.8 Å². The van der Waals surface area contributed by atoms with Gasteiger partial charge in [-0.05, 0) is 0 Å². The van der Waals surface area contributed by atoms with Crippen molar-refractivity contribution in [3.05, 3.63) is 33.9 Å². The summed E-state index contributed by atoms with van der Waals surface area (Å²) >= 11 is 0. The maximum absolute atomic E-state index is 11.1. The molecular weight excluding hydrogens is 208 g/mol. The number of hydrogen-bond donors (Lipinski definition) is 1. The van der Waals surface area contributed by atoms with Crippen molar-refractivity contribution in [2.24, 2.45) is 0 Å². The van der Waals surface area contributed by atoms with E-state index in [1.54, 1.807) is 6.07 Å². The first kappa shape index (κ1) is 8.95. The number of para-hydroxylation sites is 1. The molecule has 1 aromatic rings. The highest BCUT2D eigenvalue weighted by atomic mass is 32.2. The fraction of sp³-hybridized carbons (Fsp3) is 0.143. The number of nitrogens with zero attached hydrogens (tertiary/aromatic N) is 1. The SMILES string of the molecule is O=[N+]([O-])c1cccc2c1NS(=O)(=O)C2. The Kier molecular flexibility index (Phi) is 1.71. The second kappa shape index (κ2) is 2.68. The van der Waals surface area contributed by atoms with Gasteiger partial charge in [-0.3, -0.25) is 14.8 Å². The minimum Gasteiger partial charge on any atom is -0.276 e. The standard InChI is InChI=1S/C7H6N2O4S/c10-9(11)6-3-1-2-5-4-14(12,13)8-7(5)6/h1-3,8H,4H2. The molecule has 1 aliphatic rings. The lowest BCUT2D eigenvalue weighted by atomic mass is 10.2. The van der Waals surface area contributed by atoms with Gasteiger partial charge in [0.1, 0.15) is 5.69 Å². The van der Waals surface area contributed by atoms with Gasteiger partial charge >= 0.3 is 0 Å². The van der Waals surface area contributed by atoms with Crippen molar-refractivity contribution in [1.82, 2.24) is 0 Å². The highest BCUT2D eigenvalue weighted by Gasteiger charge is 2.29. The second-order valence-corrected chi connectivity index (χ2v) is 4.65. The average molecular weight is 214 g/mol. The second-order valence-electron chi connectivity index (χ2n) is 2.93. The van der Waals surface area contributed by atoms with Crippen LogP contribution in [0.25, 0.3) is 0 Å². The Labute approximate surface area is 79.8 Å². The molecule has 0 fully saturated rings. The van der Waals surface area contributed by atoms with Gasteiger partial charge in [0.05, 0.1) is 10.7 Å². The molecule has 1 N–H and O–H groups in total. The number of nitro groups is 1. The maximum Gasteiger partial charge on any atom is 0.293 e. The molecule has 7 heteroatoms. The number of fused-ring (bicyclic) bond motifs is 1. The molecule has 1 aliphatic heterocycles. The van der Waals surface area contributed by atoms with Crippen molar-refractivity contribution in [3.8, 4) is 0 Å². The molecule has 74 valence electrons. The van der Waals surface area contributed by atoms with Gasteiger partial charge in [-0.25, -0.2) is 8.42 Å². The molecule has 0 aliphatic carbocycles. The molecule has 2 rings (SSSR count). The van der Waals surface area contributed by atoms with Gasteiger partial charge in [-0.2, -0.15) is 0 Å². The van der Waals surface area contributed by atoms with Gasteiger partial charge in [0.25, 0.3) is 5.69 Å². The summed E-state index contributed by atoms with van der Waals surface area (Å²) in [4.78, 5) is 9.94. The zero-order chi connectivity index (χ0) is 10.3. The lowest BCUT2D eigenvalue weighted by molar-refractivity contribution is -0.383. The topological polar surface area (TPSA) is 89.3 Å². The molecule has 0 saturated carbocycles. The van der Waals surface area contributed by atoms with Gasteiger partial charge in [0.2, 0.25) is 10.0 Å². The summed E-state index contributed by atoms with van der Waals surface area (Å²) < 4.78 is 24.4. The minimum absolute atomic E-state index is 0.0949. The van der Waals surface area contributed by atoms with Crippen molar-refractivity contribution >= 4 is 21.4 Å². The number of hydrogen-bond acceptors (Lipinski definition) is 4. The Morgan fingerprint density at radius 1 is 1.43 bits per heavy atom. The Morgan fingerprint density at radius 2 is 2.14 bits per heavy atom. The van der Waals surface area contributed by atoms with E-state index in [0.29, 0.717) is 5.56 Å². The lowest BCUT2D eigenvalue weighted by Gasteiger charge is -1.98. The van der Waals surface area contributed by atoms with Crippen LogP contribution in [0.3, 0.4) is 0 Å². The molecule has 0 amide bonds. The molecule has 0 saturated heterocycles. The number of sulfonamides is 1. The van der Waals surface area contributed by atoms with Crippen LogP contribution < -0.4 is 4.72 Å². The summed E-state index contributed by atoms with van der Waals surface area (Å²) in [6.45, 7) is 0. The van der Waals surface area contributed by atoms with Crippen LogP contribution in [0.4, 0.5) is 11.4 Å². The third kappa shape index (κ3) is 1.31. The van der Waals surface area contributed by atoms with Crippen molar-refractivity contribution < 1.29 is 13.3 Å². The van der Waals surface area contributed by atoms with E-state index in [2.05, 4.69) is 4.72 Å². The summed E-state index contributed by atoms with van der Waals surface area (Å²) in [6, 6.07) is 4.30. The van der Waals surface area contributed by atoms with Gasteiger partial charge in [-0.15, -0.1) is 0 Å². The first-order valence-electron chi connectivity index (χ1n) is 3.76. The maximum atomic E-state index is 11.1. The van der Waals surface area contributed by atoms with Crippen LogP contribution in [0.1, 0.15) is 5.56 Å². The quantitative estimate of drug-likeness (QED) is 0.554. The Morgan fingerprint density at radius 3 is 2.79 bits per heavy atom. The predicted octanol–water partition coefficient (Wildman–Crippen LogP) is 0.850. The molecule has 1 heterocycles. The largest absolute Gasteiger partial charge is 0.293 e. The molecule has 1 aromatic carbocycles. The molecule has 0 radical (unpaired) electrons. The van der Waals surface area contributed by atoms with Crippen LogP contribution in [0, 0.1) is 10.1 Å². The number of nitrogens with one attached hydrogen (secondary N) is 1. The molecule has 6 nitrogen and oxygen atoms in total. The van der Waals surface area contributed by atoms with Gasteiger partial charge < -0.3 is 0 Å². The molecule has 0 atom stereocenters. The summed E-state index contributed by atoms with van der Waals surface area (Å²) in [5.74, 6) is -0.190. The first-order valence-corrected chi connectivity index (χ1v) is 5.41. The number of nitro benzene ring substituents is 1. The van der Waals surface area contributed by atoms with E-state index in [4.69, 9.17) is 0 Å². The molecule has 0 unspecified atom stereocenters. The number of rotatable bonds is 1. The number of anilines is 1. The van der Waals surface area contributed by atoms with Gasteiger partial charge in [0.15, 0.2) is 0 Å². The normalized spacial score (nSPS) is 17.1. The zero-order valence-corrected chi connectivity index (χ0v) is 7.74. The lowest BCUT2D eigenvalue weighted by Crippen LogP contribution is -2.06. The molecule has 0 spiro atoms. The minimum atomic E-state index is -3.42. The smallest absolute Gasteiger partial charge is 0.276 e. The van der Waals surface area contributed by atoms with E-state index in [9.17, 15) is 18.5 Å². The monoisotopic (exact) mass is 214 g/mol. The van der Waals surface area contributed by atoms with Crippen molar-refractivity contribution in [3.63, 3.8) is 0 Å². The molecule has 14 heavy (non-hydrogen) atoms. The first-order chi connectivity index (χ1) is 6.49. The van der Waals surface area contributed by atoms with E-state index in [-0.39, 0.29) is 17.1 Å². The van der Waals surface area contributed by atoms with E-state index >= 15 is 0 Å². The van der Waals surface area contributed by atoms with Gasteiger partial charge in [-0.1, -0.05) is 12.1 Å². The van der Waals surface area contributed by atoms with Crippen LogP contribution in [0.15, 0.2) is 18.2 Å². The Bertz CT molecular complexity index is 508. The summed E-state index contributed by atoms with van der Waals surface area (Å²) in [6.07, 6.45) is 0. The van der Waals surface area contributed by atoms with Crippen LogP contribution >= 0.6 is 0 Å².